The second kappa shape index (κ2) is 12.1. The minimum atomic E-state index is -0.274. The van der Waals surface area contributed by atoms with Crippen LogP contribution in [0.5, 0.6) is 5.75 Å². The van der Waals surface area contributed by atoms with E-state index in [0.717, 1.165) is 28.4 Å². The van der Waals surface area contributed by atoms with E-state index in [1.54, 1.807) is 0 Å². The third-order valence-corrected chi connectivity index (χ3v) is 11.6. The molecule has 0 bridgehead atoms. The molecule has 2 aliphatic rings. The summed E-state index contributed by atoms with van der Waals surface area (Å²) in [7, 11) is 0. The molecule has 3 heterocycles. The van der Waals surface area contributed by atoms with Gasteiger partial charge in [0.1, 0.15) is 5.75 Å². The summed E-state index contributed by atoms with van der Waals surface area (Å²) in [5.74, 6) is 0.916. The highest BCUT2D eigenvalue weighted by atomic mass is 16.4. The van der Waals surface area contributed by atoms with Crippen molar-refractivity contribution >= 4 is 45.8 Å². The van der Waals surface area contributed by atoms with E-state index < -0.39 is 0 Å². The van der Waals surface area contributed by atoms with Gasteiger partial charge in [0.05, 0.1) is 11.2 Å². The van der Waals surface area contributed by atoms with Gasteiger partial charge in [-0.15, -0.1) is 0 Å². The molecule has 0 saturated carbocycles. The first-order valence-electron chi connectivity index (χ1n) is 18.9. The lowest BCUT2D eigenvalue weighted by Crippen LogP contribution is -2.56. The lowest BCUT2D eigenvalue weighted by Gasteiger charge is -2.40. The zero-order valence-electron chi connectivity index (χ0n) is 31.7. The minimum Gasteiger partial charge on any atom is -0.551 e. The van der Waals surface area contributed by atoms with E-state index in [-0.39, 0.29) is 6.92 Å². The number of rotatable bonds is 4. The molecule has 0 atom stereocenters. The van der Waals surface area contributed by atoms with Crippen molar-refractivity contribution in [2.75, 3.05) is 4.90 Å². The highest BCUT2D eigenvalue weighted by Crippen LogP contribution is 2.47. The zero-order chi connectivity index (χ0) is 36.8. The molecule has 0 N–H and O–H groups in total. The monoisotopic (exact) mass is 696 g/mol. The van der Waals surface area contributed by atoms with Crippen LogP contribution in [0.4, 0.5) is 17.1 Å². The van der Waals surface area contributed by atoms with Gasteiger partial charge >= 0.3 is 6.92 Å². The van der Waals surface area contributed by atoms with E-state index in [2.05, 4.69) is 191 Å². The first-order valence-corrected chi connectivity index (χ1v) is 18.9. The Balaban J connectivity index is 1.26. The van der Waals surface area contributed by atoms with Gasteiger partial charge in [0.15, 0.2) is 0 Å². The average molecular weight is 697 g/mol. The molecule has 260 valence electrons. The SMILES string of the molecule is Cc1cc(C)c(-c2ccc(N3c4ccc(-c5c(C)cc(C)cc5C)cc4B4Oc5ccccc5-c5cc6c(ccn6-c6ccccc6)c3c54)cc2)c(C)c1. The minimum absolute atomic E-state index is 0.274. The Morgan fingerprint density at radius 2 is 1.13 bits per heavy atom. The predicted octanol–water partition coefficient (Wildman–Crippen LogP) is 11.8. The van der Waals surface area contributed by atoms with Crippen molar-refractivity contribution in [2.45, 2.75) is 41.5 Å². The number of hydrogen-bond acceptors (Lipinski definition) is 2. The Hall–Kier alpha value is -6.26. The zero-order valence-corrected chi connectivity index (χ0v) is 31.7. The van der Waals surface area contributed by atoms with Crippen LogP contribution in [0.25, 0.3) is 50.0 Å². The Bertz CT molecular complexity index is 2770. The summed E-state index contributed by atoms with van der Waals surface area (Å²) >= 11 is 0. The third kappa shape index (κ3) is 4.90. The fraction of sp³-hybridized carbons (Fsp3) is 0.120. The van der Waals surface area contributed by atoms with Gasteiger partial charge < -0.3 is 14.1 Å². The van der Waals surface area contributed by atoms with Crippen LogP contribution in [0.3, 0.4) is 0 Å². The van der Waals surface area contributed by atoms with Crippen molar-refractivity contribution in [3.8, 4) is 44.8 Å². The lowest BCUT2D eigenvalue weighted by molar-refractivity contribution is 0.590. The Morgan fingerprint density at radius 1 is 0.519 bits per heavy atom. The van der Waals surface area contributed by atoms with Crippen LogP contribution in [0.2, 0.25) is 0 Å². The number of nitrogens with zero attached hydrogens (tertiary/aromatic N) is 2. The lowest BCUT2D eigenvalue weighted by atomic mass is 9.49. The van der Waals surface area contributed by atoms with Crippen LogP contribution in [-0.4, -0.2) is 11.5 Å². The maximum absolute atomic E-state index is 7.14. The van der Waals surface area contributed by atoms with Crippen LogP contribution >= 0.6 is 0 Å². The van der Waals surface area contributed by atoms with Gasteiger partial charge in [-0.3, -0.25) is 0 Å². The molecule has 0 radical (unpaired) electrons. The first-order chi connectivity index (χ1) is 26.2. The standard InChI is InChI=1S/C50H41BN2O/c1-30-24-32(3)47(33(4)25-30)36-16-19-39(20-17-36)53-44-21-18-37(48-34(5)26-31(2)27-35(48)6)28-43(44)51-49-42(40-14-10-11-15-46(40)54-51)29-45-41(50(49)53)22-23-52(45)38-12-8-7-9-13-38/h7-29H,1-6H3. The van der Waals surface area contributed by atoms with Gasteiger partial charge in [-0.25, -0.2) is 0 Å². The van der Waals surface area contributed by atoms with Crippen LogP contribution < -0.4 is 20.5 Å². The fourth-order valence-electron chi connectivity index (χ4n) is 9.58. The van der Waals surface area contributed by atoms with E-state index in [1.165, 1.54) is 88.7 Å². The summed E-state index contributed by atoms with van der Waals surface area (Å²) in [4.78, 5) is 2.50. The molecule has 10 rings (SSSR count). The quantitative estimate of drug-likeness (QED) is 0.170. The Kier molecular flexibility index (Phi) is 7.29. The van der Waals surface area contributed by atoms with Crippen molar-refractivity contribution in [2.24, 2.45) is 0 Å². The van der Waals surface area contributed by atoms with Crippen molar-refractivity contribution in [1.82, 2.24) is 4.57 Å². The summed E-state index contributed by atoms with van der Waals surface area (Å²) < 4.78 is 9.46. The van der Waals surface area contributed by atoms with Crippen LogP contribution in [0, 0.1) is 41.5 Å². The molecule has 8 aromatic rings. The second-order valence-electron chi connectivity index (χ2n) is 15.3. The molecule has 0 spiro atoms. The molecule has 0 saturated heterocycles. The van der Waals surface area contributed by atoms with E-state index in [9.17, 15) is 0 Å². The summed E-state index contributed by atoms with van der Waals surface area (Å²) in [6, 6.07) is 49.3. The van der Waals surface area contributed by atoms with E-state index in [0.29, 0.717) is 0 Å². The molecule has 7 aromatic carbocycles. The number of aromatic nitrogens is 1. The van der Waals surface area contributed by atoms with Gasteiger partial charge in [-0.1, -0.05) is 96.1 Å². The molecule has 3 nitrogen and oxygen atoms in total. The van der Waals surface area contributed by atoms with Gasteiger partial charge in [0.2, 0.25) is 0 Å². The fourth-order valence-corrected chi connectivity index (χ4v) is 9.58. The first kappa shape index (κ1) is 32.4. The molecule has 54 heavy (non-hydrogen) atoms. The van der Waals surface area contributed by atoms with Gasteiger partial charge in [-0.2, -0.15) is 0 Å². The van der Waals surface area contributed by atoms with Gasteiger partial charge in [0, 0.05) is 39.7 Å². The van der Waals surface area contributed by atoms with Crippen molar-refractivity contribution < 1.29 is 4.65 Å². The maximum Gasteiger partial charge on any atom is 0.431 e. The van der Waals surface area contributed by atoms with Gasteiger partial charge in [-0.05, 0) is 146 Å². The number of para-hydroxylation sites is 2. The smallest absolute Gasteiger partial charge is 0.431 e. The number of aryl methyl sites for hydroxylation is 6. The highest BCUT2D eigenvalue weighted by Gasteiger charge is 2.44. The second-order valence-corrected chi connectivity index (χ2v) is 15.3. The van der Waals surface area contributed by atoms with E-state index in [4.69, 9.17) is 4.65 Å². The molecule has 1 aromatic heterocycles. The third-order valence-electron chi connectivity index (χ3n) is 11.6. The van der Waals surface area contributed by atoms with Crippen LogP contribution in [-0.2, 0) is 0 Å². The molecular formula is C50H41BN2O. The van der Waals surface area contributed by atoms with E-state index >= 15 is 0 Å². The van der Waals surface area contributed by atoms with Crippen molar-refractivity contribution in [3.63, 3.8) is 0 Å². The number of fused-ring (bicyclic) bond motifs is 6. The summed E-state index contributed by atoms with van der Waals surface area (Å²) in [6.07, 6.45) is 2.22. The number of hydrogen-bond donors (Lipinski definition) is 0. The number of benzene rings is 7. The van der Waals surface area contributed by atoms with Crippen LogP contribution in [0.15, 0.2) is 140 Å². The highest BCUT2D eigenvalue weighted by molar-refractivity contribution is 6.86. The molecule has 4 heteroatoms. The van der Waals surface area contributed by atoms with Crippen molar-refractivity contribution in [1.29, 1.82) is 0 Å². The van der Waals surface area contributed by atoms with Gasteiger partial charge in [0.25, 0.3) is 0 Å². The molecule has 0 unspecified atom stereocenters. The topological polar surface area (TPSA) is 17.4 Å². The number of anilines is 3. The molecule has 0 amide bonds. The summed E-state index contributed by atoms with van der Waals surface area (Å²) in [6.45, 7) is 13.0. The Morgan fingerprint density at radius 3 is 1.81 bits per heavy atom. The summed E-state index contributed by atoms with van der Waals surface area (Å²) in [5, 5.41) is 1.19. The maximum atomic E-state index is 7.14. The predicted molar refractivity (Wildman–Crippen MR) is 228 cm³/mol. The van der Waals surface area contributed by atoms with E-state index in [1.807, 2.05) is 0 Å². The molecule has 2 aliphatic heterocycles. The summed E-state index contributed by atoms with van der Waals surface area (Å²) in [5.41, 5.74) is 23.3. The Labute approximate surface area is 318 Å². The largest absolute Gasteiger partial charge is 0.551 e. The molecular weight excluding hydrogens is 655 g/mol. The molecule has 0 aliphatic carbocycles. The average Bonchev–Trinajstić information content (AvgIpc) is 3.59. The van der Waals surface area contributed by atoms with Crippen molar-refractivity contribution in [3.05, 3.63) is 173 Å². The normalized spacial score (nSPS) is 12.7. The molecule has 0 fully saturated rings. The van der Waals surface area contributed by atoms with Crippen LogP contribution in [0.1, 0.15) is 33.4 Å².